The molecule has 1 N–H and O–H groups in total. The number of carbonyl (C=O) groups is 2. The number of halogens is 3. The van der Waals surface area contributed by atoms with Crippen molar-refractivity contribution in [2.75, 3.05) is 11.9 Å². The highest BCUT2D eigenvalue weighted by molar-refractivity contribution is 6.08. The molecule has 0 radical (unpaired) electrons. The van der Waals surface area contributed by atoms with Gasteiger partial charge in [0.2, 0.25) is 0 Å². The van der Waals surface area contributed by atoms with Gasteiger partial charge in [0.05, 0.1) is 29.7 Å². The molecule has 0 aliphatic heterocycles. The lowest BCUT2D eigenvalue weighted by Gasteiger charge is -2.13. The molecule has 1 amide bonds. The molecule has 2 aromatic heterocycles. The Morgan fingerprint density at radius 1 is 1.06 bits per heavy atom. The molecule has 0 fully saturated rings. The van der Waals surface area contributed by atoms with E-state index in [2.05, 4.69) is 15.4 Å². The topological polar surface area (TPSA) is 86.1 Å². The Morgan fingerprint density at radius 2 is 1.79 bits per heavy atom. The minimum atomic E-state index is -4.85. The maximum Gasteiger partial charge on any atom is 0.434 e. The van der Waals surface area contributed by atoms with Crippen molar-refractivity contribution in [3.63, 3.8) is 0 Å². The summed E-state index contributed by atoms with van der Waals surface area (Å²) in [5, 5.41) is 7.33. The summed E-state index contributed by atoms with van der Waals surface area (Å²) in [5.74, 6) is -1.57. The summed E-state index contributed by atoms with van der Waals surface area (Å²) in [6, 6.07) is 14.4. The number of esters is 1. The summed E-state index contributed by atoms with van der Waals surface area (Å²) in [5.41, 5.74) is -0.565. The second-order valence-corrected chi connectivity index (χ2v) is 6.92. The molecule has 0 aliphatic rings. The van der Waals surface area contributed by atoms with Crippen LogP contribution in [0.5, 0.6) is 0 Å². The number of amides is 1. The number of nitrogens with one attached hydrogen (secondary N) is 1. The maximum absolute atomic E-state index is 13.7. The summed E-state index contributed by atoms with van der Waals surface area (Å²) in [4.78, 5) is 28.9. The lowest BCUT2D eigenvalue weighted by Crippen LogP contribution is -2.18. The van der Waals surface area contributed by atoms with Gasteiger partial charge < -0.3 is 10.1 Å². The van der Waals surface area contributed by atoms with E-state index < -0.39 is 29.3 Å². The summed E-state index contributed by atoms with van der Waals surface area (Å²) in [7, 11) is 0. The van der Waals surface area contributed by atoms with E-state index in [1.807, 2.05) is 12.1 Å². The number of rotatable bonds is 5. The number of ether oxygens (including phenoxy) is 1. The zero-order valence-electron chi connectivity index (χ0n) is 17.3. The van der Waals surface area contributed by atoms with Gasteiger partial charge in [-0.3, -0.25) is 9.78 Å². The quantitative estimate of drug-likeness (QED) is 0.435. The molecule has 2 aromatic carbocycles. The van der Waals surface area contributed by atoms with Crippen molar-refractivity contribution in [3.05, 3.63) is 83.8 Å². The van der Waals surface area contributed by atoms with E-state index in [9.17, 15) is 22.8 Å². The Hall–Kier alpha value is -4.21. The number of aromatic nitrogens is 3. The van der Waals surface area contributed by atoms with Crippen molar-refractivity contribution in [1.29, 1.82) is 0 Å². The van der Waals surface area contributed by atoms with Crippen LogP contribution >= 0.6 is 0 Å². The second-order valence-electron chi connectivity index (χ2n) is 6.92. The number of anilines is 1. The normalized spacial score (nSPS) is 11.4. The van der Waals surface area contributed by atoms with Crippen molar-refractivity contribution in [1.82, 2.24) is 14.8 Å². The van der Waals surface area contributed by atoms with Crippen molar-refractivity contribution >= 4 is 28.5 Å². The molecule has 0 saturated heterocycles. The van der Waals surface area contributed by atoms with Crippen LogP contribution in [0.1, 0.15) is 33.3 Å². The van der Waals surface area contributed by atoms with Crippen molar-refractivity contribution in [3.8, 4) is 5.69 Å². The Bertz CT molecular complexity index is 1330. The number of fused-ring (bicyclic) bond motifs is 1. The van der Waals surface area contributed by atoms with E-state index in [0.717, 1.165) is 11.6 Å². The number of benzene rings is 2. The van der Waals surface area contributed by atoms with Gasteiger partial charge in [-0.25, -0.2) is 9.48 Å². The molecule has 0 saturated carbocycles. The maximum atomic E-state index is 13.7. The van der Waals surface area contributed by atoms with Crippen LogP contribution in [0, 0.1) is 0 Å². The molecule has 0 bridgehead atoms. The first kappa shape index (κ1) is 22.0. The lowest BCUT2D eigenvalue weighted by atomic mass is 10.1. The molecule has 33 heavy (non-hydrogen) atoms. The van der Waals surface area contributed by atoms with Crippen LogP contribution < -0.4 is 5.32 Å². The van der Waals surface area contributed by atoms with E-state index >= 15 is 0 Å². The molecule has 4 rings (SSSR count). The first-order valence-electron chi connectivity index (χ1n) is 9.87. The third kappa shape index (κ3) is 4.40. The Balaban J connectivity index is 1.62. The molecule has 168 valence electrons. The van der Waals surface area contributed by atoms with Crippen LogP contribution in [0.15, 0.2) is 67.0 Å². The number of pyridine rings is 1. The highest BCUT2D eigenvalue weighted by Crippen LogP contribution is 2.34. The molecule has 0 unspecified atom stereocenters. The largest absolute Gasteiger partial charge is 0.462 e. The number of para-hydroxylation sites is 1. The first-order chi connectivity index (χ1) is 15.8. The molecule has 2 heterocycles. The van der Waals surface area contributed by atoms with Gasteiger partial charge in [-0.2, -0.15) is 18.3 Å². The number of hydrogen-bond acceptors (Lipinski definition) is 5. The summed E-state index contributed by atoms with van der Waals surface area (Å²) in [6.07, 6.45) is -2.43. The highest BCUT2D eigenvalue weighted by atomic mass is 19.4. The fourth-order valence-electron chi connectivity index (χ4n) is 3.33. The van der Waals surface area contributed by atoms with Crippen LogP contribution in [0.2, 0.25) is 0 Å². The molecule has 4 aromatic rings. The van der Waals surface area contributed by atoms with Gasteiger partial charge >= 0.3 is 12.1 Å². The van der Waals surface area contributed by atoms with Crippen LogP contribution in [-0.4, -0.2) is 33.2 Å². The minimum Gasteiger partial charge on any atom is -0.462 e. The highest BCUT2D eigenvalue weighted by Gasteiger charge is 2.41. The third-order valence-electron chi connectivity index (χ3n) is 4.79. The Labute approximate surface area is 185 Å². The van der Waals surface area contributed by atoms with Crippen LogP contribution in [-0.2, 0) is 10.9 Å². The predicted molar refractivity (Wildman–Crippen MR) is 114 cm³/mol. The van der Waals surface area contributed by atoms with Gasteiger partial charge in [0.15, 0.2) is 5.69 Å². The molecule has 7 nitrogen and oxygen atoms in total. The van der Waals surface area contributed by atoms with E-state index in [-0.39, 0.29) is 17.9 Å². The van der Waals surface area contributed by atoms with Gasteiger partial charge in [0.25, 0.3) is 5.91 Å². The number of hydrogen-bond donors (Lipinski definition) is 1. The first-order valence-corrected chi connectivity index (χ1v) is 9.87. The zero-order chi connectivity index (χ0) is 23.6. The van der Waals surface area contributed by atoms with Gasteiger partial charge in [0, 0.05) is 17.1 Å². The molecule has 0 atom stereocenters. The fraction of sp³-hybridized carbons (Fsp3) is 0.130. The zero-order valence-corrected chi connectivity index (χ0v) is 17.3. The fourth-order valence-corrected chi connectivity index (χ4v) is 3.33. The standard InChI is InChI=1S/C23H17F3N4O3/c1-2-33-22(32)17-13-28-30(20(17)23(24,25)26)16-10-8-15(9-11-16)21(31)29-18-7-3-5-14-6-4-12-27-19(14)18/h3-13H,2H2,1H3,(H,29,31). The second kappa shape index (κ2) is 8.73. The smallest absolute Gasteiger partial charge is 0.434 e. The molecule has 10 heteroatoms. The monoisotopic (exact) mass is 454 g/mol. The van der Waals surface area contributed by atoms with Crippen molar-refractivity contribution in [2.24, 2.45) is 0 Å². The Kier molecular flexibility index (Phi) is 5.82. The van der Waals surface area contributed by atoms with Gasteiger partial charge in [-0.15, -0.1) is 0 Å². The minimum absolute atomic E-state index is 0.0289. The van der Waals surface area contributed by atoms with Crippen molar-refractivity contribution < 1.29 is 27.5 Å². The molecular weight excluding hydrogens is 437 g/mol. The number of alkyl halides is 3. The molecular formula is C23H17F3N4O3. The number of nitrogens with zero attached hydrogens (tertiary/aromatic N) is 3. The lowest BCUT2D eigenvalue weighted by molar-refractivity contribution is -0.143. The molecule has 0 aliphatic carbocycles. The average molecular weight is 454 g/mol. The summed E-state index contributed by atoms with van der Waals surface area (Å²) < 4.78 is 46.3. The average Bonchev–Trinajstić information content (AvgIpc) is 3.26. The predicted octanol–water partition coefficient (Wildman–Crippen LogP) is 4.87. The third-order valence-corrected chi connectivity index (χ3v) is 4.79. The van der Waals surface area contributed by atoms with Crippen LogP contribution in [0.25, 0.3) is 16.6 Å². The van der Waals surface area contributed by atoms with E-state index in [0.29, 0.717) is 15.9 Å². The van der Waals surface area contributed by atoms with Crippen LogP contribution in [0.3, 0.4) is 0 Å². The summed E-state index contributed by atoms with van der Waals surface area (Å²) >= 11 is 0. The van der Waals surface area contributed by atoms with E-state index in [1.165, 1.54) is 31.2 Å². The van der Waals surface area contributed by atoms with Gasteiger partial charge in [-0.05, 0) is 43.3 Å². The van der Waals surface area contributed by atoms with Crippen LogP contribution in [0.4, 0.5) is 18.9 Å². The van der Waals surface area contributed by atoms with E-state index in [4.69, 9.17) is 4.74 Å². The van der Waals surface area contributed by atoms with Gasteiger partial charge in [-0.1, -0.05) is 18.2 Å². The van der Waals surface area contributed by atoms with E-state index in [1.54, 1.807) is 24.4 Å². The Morgan fingerprint density at radius 3 is 2.48 bits per heavy atom. The molecule has 0 spiro atoms. The van der Waals surface area contributed by atoms with Crippen molar-refractivity contribution in [2.45, 2.75) is 13.1 Å². The summed E-state index contributed by atoms with van der Waals surface area (Å²) in [6.45, 7) is 1.42. The SMILES string of the molecule is CCOC(=O)c1cnn(-c2ccc(C(=O)Nc3cccc4cccnc34)cc2)c1C(F)(F)F. The number of carbonyl (C=O) groups excluding carboxylic acids is 2. The van der Waals surface area contributed by atoms with Gasteiger partial charge in [0.1, 0.15) is 5.56 Å².